The van der Waals surface area contributed by atoms with Gasteiger partial charge in [0.15, 0.2) is 0 Å². The van der Waals surface area contributed by atoms with E-state index < -0.39 is 0 Å². The molecule has 0 aliphatic heterocycles. The average molecular weight is 370 g/mol. The van der Waals surface area contributed by atoms with E-state index in [0.717, 1.165) is 24.3 Å². The fourth-order valence-electron chi connectivity index (χ4n) is 2.35. The minimum atomic E-state index is 0.346. The Morgan fingerprint density at radius 3 is 1.60 bits per heavy atom. The molecule has 5 heteroatoms. The number of benzene rings is 2. The highest BCUT2D eigenvalue weighted by Crippen LogP contribution is 2.14. The predicted octanol–water partition coefficient (Wildman–Crippen LogP) is 4.06. The van der Waals surface area contributed by atoms with Crippen LogP contribution in [0.25, 0.3) is 0 Å². The number of aryl methyl sites for hydroxylation is 2. The van der Waals surface area contributed by atoms with Crippen molar-refractivity contribution in [3.05, 3.63) is 59.7 Å². The summed E-state index contributed by atoms with van der Waals surface area (Å²) in [6, 6.07) is 16.5. The molecule has 3 nitrogen and oxygen atoms in total. The van der Waals surface area contributed by atoms with Gasteiger partial charge < -0.3 is 14.2 Å². The Balaban J connectivity index is 1.82. The fourth-order valence-corrected chi connectivity index (χ4v) is 4.20. The van der Waals surface area contributed by atoms with Crippen LogP contribution in [0.15, 0.2) is 48.5 Å². The zero-order valence-electron chi connectivity index (χ0n) is 15.5. The Hall–Kier alpha value is -1.57. The maximum atomic E-state index is 5.99. The van der Waals surface area contributed by atoms with Crippen LogP contribution in [0.5, 0.6) is 11.5 Å². The summed E-state index contributed by atoms with van der Waals surface area (Å²) < 4.78 is 12.0. The summed E-state index contributed by atoms with van der Waals surface area (Å²) in [5, 5.41) is 3.70. The third-order valence-electron chi connectivity index (χ3n) is 3.84. The van der Waals surface area contributed by atoms with Crippen LogP contribution in [0.3, 0.4) is 0 Å². The van der Waals surface area contributed by atoms with Crippen LogP contribution in [-0.2, 0) is 0 Å². The van der Waals surface area contributed by atoms with Crippen LogP contribution in [-0.4, -0.2) is 30.9 Å². The van der Waals surface area contributed by atoms with E-state index in [9.17, 15) is 0 Å². The van der Waals surface area contributed by atoms with Gasteiger partial charge in [-0.2, -0.15) is 0 Å². The molecule has 2 unspecified atom stereocenters. The molecule has 0 fully saturated rings. The van der Waals surface area contributed by atoms with Gasteiger partial charge in [-0.1, -0.05) is 38.1 Å². The van der Waals surface area contributed by atoms with Gasteiger partial charge in [-0.05, 0) is 62.1 Å². The van der Waals surface area contributed by atoms with Gasteiger partial charge in [0.25, 0.3) is 0 Å². The number of hydrogen-bond donors (Lipinski definition) is 1. The molecule has 0 saturated heterocycles. The van der Waals surface area contributed by atoms with Crippen molar-refractivity contribution >= 4 is 19.5 Å². The van der Waals surface area contributed by atoms with E-state index in [1.54, 1.807) is 0 Å². The molecule has 0 heterocycles. The first-order chi connectivity index (χ1) is 12.1. The predicted molar refractivity (Wildman–Crippen MR) is 106 cm³/mol. The Bertz CT molecular complexity index is 596. The first kappa shape index (κ1) is 19.8. The summed E-state index contributed by atoms with van der Waals surface area (Å²) in [5.41, 5.74) is 3.14. The number of nitrogens with one attached hydrogen (secondary N) is 1. The van der Waals surface area contributed by atoms with Crippen LogP contribution in [0.4, 0.5) is 0 Å². The molecular weight excluding hydrogens is 342 g/mol. The van der Waals surface area contributed by atoms with Gasteiger partial charge in [-0.15, -0.1) is 0 Å². The van der Waals surface area contributed by atoms with Crippen LogP contribution >= 0.6 is 0 Å². The summed E-state index contributed by atoms with van der Waals surface area (Å²) >= 11 is 0. The van der Waals surface area contributed by atoms with Crippen molar-refractivity contribution in [3.63, 3.8) is 0 Å². The van der Waals surface area contributed by atoms with E-state index in [0.29, 0.717) is 30.9 Å². The van der Waals surface area contributed by atoms with Crippen molar-refractivity contribution in [3.8, 4) is 11.5 Å². The lowest BCUT2D eigenvalue weighted by molar-refractivity contribution is 0.482. The van der Waals surface area contributed by atoms with Gasteiger partial charge in [0.05, 0.1) is 0 Å². The Morgan fingerprint density at radius 2 is 1.24 bits per heavy atom. The van der Waals surface area contributed by atoms with Crippen LogP contribution in [0.2, 0.25) is 0 Å². The van der Waals surface area contributed by atoms with Crippen molar-refractivity contribution < 1.29 is 8.85 Å². The SMILES string of the molecule is CCC(NC(CC)[Si]Oc1cccc(C)c1)[Si]Oc1cccc(C)c1. The largest absolute Gasteiger partial charge is 0.539 e. The molecule has 2 rings (SSSR count). The van der Waals surface area contributed by atoms with E-state index in [-0.39, 0.29) is 0 Å². The van der Waals surface area contributed by atoms with E-state index >= 15 is 0 Å². The van der Waals surface area contributed by atoms with Crippen molar-refractivity contribution in [1.29, 1.82) is 0 Å². The number of rotatable bonds is 10. The minimum absolute atomic E-state index is 0.346. The van der Waals surface area contributed by atoms with Crippen LogP contribution in [0, 0.1) is 13.8 Å². The molecule has 0 aromatic heterocycles. The lowest BCUT2D eigenvalue weighted by atomic mass is 10.2. The van der Waals surface area contributed by atoms with Gasteiger partial charge in [-0.3, -0.25) is 0 Å². The Kier molecular flexibility index (Phi) is 8.24. The molecule has 0 aliphatic carbocycles. The fraction of sp³-hybridized carbons (Fsp3) is 0.400. The summed E-state index contributed by atoms with van der Waals surface area (Å²) in [7, 11) is 0.799. The standard InChI is InChI=1S/C20H27NO2Si2/c1-5-19(24-22-17-11-7-9-15(3)13-17)21-20(6-2)25-23-18-12-8-10-16(4)14-18/h7-14,19-21H,5-6H2,1-4H3. The summed E-state index contributed by atoms with van der Waals surface area (Å²) in [4.78, 5) is 0. The van der Waals surface area contributed by atoms with Crippen molar-refractivity contribution in [2.45, 2.75) is 51.9 Å². The quantitative estimate of drug-likeness (QED) is 0.641. The summed E-state index contributed by atoms with van der Waals surface area (Å²) in [6.07, 6.45) is 2.07. The molecular formula is C20H27NO2Si2. The molecule has 0 spiro atoms. The van der Waals surface area contributed by atoms with E-state index in [1.807, 2.05) is 24.3 Å². The molecule has 2 atom stereocenters. The Labute approximate surface area is 157 Å². The van der Waals surface area contributed by atoms with Gasteiger partial charge >= 0.3 is 19.5 Å². The normalized spacial score (nSPS) is 13.3. The van der Waals surface area contributed by atoms with Gasteiger partial charge in [-0.25, -0.2) is 0 Å². The maximum absolute atomic E-state index is 5.99. The molecule has 0 bridgehead atoms. The highest BCUT2D eigenvalue weighted by Gasteiger charge is 2.18. The van der Waals surface area contributed by atoms with E-state index in [4.69, 9.17) is 8.85 Å². The highest BCUT2D eigenvalue weighted by atomic mass is 28.2. The Morgan fingerprint density at radius 1 is 0.800 bits per heavy atom. The first-order valence-corrected chi connectivity index (χ1v) is 10.8. The molecule has 0 aliphatic rings. The third kappa shape index (κ3) is 7.06. The zero-order valence-corrected chi connectivity index (χ0v) is 17.5. The van der Waals surface area contributed by atoms with Crippen molar-refractivity contribution in [1.82, 2.24) is 5.32 Å². The van der Waals surface area contributed by atoms with E-state index in [2.05, 4.69) is 57.3 Å². The third-order valence-corrected chi connectivity index (χ3v) is 6.26. The van der Waals surface area contributed by atoms with Gasteiger partial charge in [0.1, 0.15) is 11.5 Å². The van der Waals surface area contributed by atoms with Gasteiger partial charge in [0, 0.05) is 11.3 Å². The van der Waals surface area contributed by atoms with Gasteiger partial charge in [0.2, 0.25) is 0 Å². The first-order valence-electron chi connectivity index (χ1n) is 8.84. The molecule has 2 aromatic rings. The molecule has 2 aromatic carbocycles. The van der Waals surface area contributed by atoms with Crippen molar-refractivity contribution in [2.75, 3.05) is 0 Å². The number of hydrogen-bond acceptors (Lipinski definition) is 3. The zero-order chi connectivity index (χ0) is 18.1. The smallest absolute Gasteiger partial charge is 0.329 e. The lowest BCUT2D eigenvalue weighted by Crippen LogP contribution is -2.47. The second-order valence-corrected chi connectivity index (χ2v) is 8.43. The molecule has 1 N–H and O–H groups in total. The maximum Gasteiger partial charge on any atom is 0.329 e. The molecule has 0 saturated carbocycles. The second kappa shape index (κ2) is 10.4. The second-order valence-electron chi connectivity index (χ2n) is 6.16. The minimum Gasteiger partial charge on any atom is -0.539 e. The highest BCUT2D eigenvalue weighted by molar-refractivity contribution is 6.33. The average Bonchev–Trinajstić information content (AvgIpc) is 2.61. The monoisotopic (exact) mass is 369 g/mol. The van der Waals surface area contributed by atoms with Crippen LogP contribution < -0.4 is 14.2 Å². The van der Waals surface area contributed by atoms with Crippen LogP contribution in [0.1, 0.15) is 37.8 Å². The molecule has 132 valence electrons. The topological polar surface area (TPSA) is 30.5 Å². The summed E-state index contributed by atoms with van der Waals surface area (Å²) in [6.45, 7) is 8.56. The molecule has 4 radical (unpaired) electrons. The van der Waals surface area contributed by atoms with Crippen molar-refractivity contribution in [2.24, 2.45) is 0 Å². The summed E-state index contributed by atoms with van der Waals surface area (Å²) in [5.74, 6) is 1.90. The molecule has 25 heavy (non-hydrogen) atoms. The van der Waals surface area contributed by atoms with E-state index in [1.165, 1.54) is 11.1 Å². The lowest BCUT2D eigenvalue weighted by Gasteiger charge is -2.22. The molecule has 0 amide bonds.